The first-order chi connectivity index (χ1) is 8.96. The van der Waals surface area contributed by atoms with Crippen molar-refractivity contribution in [2.75, 3.05) is 5.75 Å². The second-order valence-corrected chi connectivity index (χ2v) is 7.54. The van der Waals surface area contributed by atoms with E-state index in [0.29, 0.717) is 5.76 Å². The van der Waals surface area contributed by atoms with Crippen molar-refractivity contribution in [2.24, 2.45) is 5.92 Å². The molecule has 1 N–H and O–H groups in total. The largest absolute Gasteiger partial charge is 0.459 e. The molecule has 4 nitrogen and oxygen atoms in total. The maximum Gasteiger partial charge on any atom is 0.212 e. The molecule has 19 heavy (non-hydrogen) atoms. The molecule has 6 heteroatoms. The smallest absolute Gasteiger partial charge is 0.212 e. The average Bonchev–Trinajstić information content (AvgIpc) is 2.96. The molecule has 0 aliphatic heterocycles. The van der Waals surface area contributed by atoms with Crippen LogP contribution in [0.2, 0.25) is 0 Å². The predicted molar refractivity (Wildman–Crippen MR) is 77.5 cm³/mol. The predicted octanol–water partition coefficient (Wildman–Crippen LogP) is 3.08. The summed E-state index contributed by atoms with van der Waals surface area (Å²) in [5.41, 5.74) is 0. The van der Waals surface area contributed by atoms with Gasteiger partial charge in [0.15, 0.2) is 0 Å². The zero-order valence-corrected chi connectivity index (χ0v) is 12.6. The highest BCUT2D eigenvalue weighted by atomic mass is 32.2. The van der Waals surface area contributed by atoms with Crippen molar-refractivity contribution in [3.05, 3.63) is 35.4 Å². The molecule has 0 aromatic carbocycles. The number of nitrogens with one attached hydrogen (secondary N) is 1. The lowest BCUT2D eigenvalue weighted by Crippen LogP contribution is -2.27. The van der Waals surface area contributed by atoms with Gasteiger partial charge in [0, 0.05) is 0 Å². The maximum atomic E-state index is 11.7. The molecule has 0 amide bonds. The molecule has 0 aliphatic carbocycles. The highest BCUT2D eigenvalue weighted by Gasteiger charge is 2.13. The van der Waals surface area contributed by atoms with Crippen molar-refractivity contribution in [2.45, 2.75) is 20.4 Å². The summed E-state index contributed by atoms with van der Waals surface area (Å²) in [6, 6.07) is 7.58. The van der Waals surface area contributed by atoms with Crippen LogP contribution in [0.3, 0.4) is 0 Å². The molecule has 0 atom stereocenters. The van der Waals surface area contributed by atoms with Crippen LogP contribution in [0.5, 0.6) is 0 Å². The zero-order chi connectivity index (χ0) is 13.9. The van der Waals surface area contributed by atoms with Crippen LogP contribution in [0.4, 0.5) is 0 Å². The van der Waals surface area contributed by atoms with E-state index in [2.05, 4.69) is 4.72 Å². The second-order valence-electron chi connectivity index (χ2n) is 4.74. The van der Waals surface area contributed by atoms with E-state index in [9.17, 15) is 8.42 Å². The molecule has 0 fully saturated rings. The molecule has 0 bridgehead atoms. The maximum absolute atomic E-state index is 11.7. The van der Waals surface area contributed by atoms with Crippen LogP contribution in [-0.2, 0) is 16.6 Å². The number of hydrogen-bond acceptors (Lipinski definition) is 4. The van der Waals surface area contributed by atoms with Gasteiger partial charge in [0.2, 0.25) is 10.0 Å². The Bertz CT molecular complexity index is 612. The van der Waals surface area contributed by atoms with Crippen LogP contribution >= 0.6 is 11.3 Å². The molecule has 2 heterocycles. The fraction of sp³-hybridized carbons (Fsp3) is 0.385. The molecule has 2 aromatic rings. The molecular formula is C13H17NO3S2. The van der Waals surface area contributed by atoms with E-state index in [1.165, 1.54) is 0 Å². The number of rotatable bonds is 6. The van der Waals surface area contributed by atoms with E-state index < -0.39 is 10.0 Å². The summed E-state index contributed by atoms with van der Waals surface area (Å²) in [4.78, 5) is 1.04. The fourth-order valence-corrected chi connectivity index (χ4v) is 3.75. The number of furan rings is 1. The Labute approximate surface area is 117 Å². The van der Waals surface area contributed by atoms with Crippen LogP contribution < -0.4 is 4.72 Å². The molecule has 0 unspecified atom stereocenters. The third-order valence-electron chi connectivity index (χ3n) is 2.44. The summed E-state index contributed by atoms with van der Waals surface area (Å²) in [6.07, 6.45) is 0. The Morgan fingerprint density at radius 2 is 2.11 bits per heavy atom. The van der Waals surface area contributed by atoms with Crippen LogP contribution in [0.25, 0.3) is 10.6 Å². The molecule has 0 radical (unpaired) electrons. The van der Waals surface area contributed by atoms with E-state index in [1.54, 1.807) is 17.4 Å². The van der Waals surface area contributed by atoms with Crippen molar-refractivity contribution in [3.63, 3.8) is 0 Å². The highest BCUT2D eigenvalue weighted by molar-refractivity contribution is 7.89. The lowest BCUT2D eigenvalue weighted by atomic mass is 10.3. The van der Waals surface area contributed by atoms with Gasteiger partial charge in [-0.2, -0.15) is 0 Å². The molecule has 0 spiro atoms. The number of sulfonamides is 1. The van der Waals surface area contributed by atoms with Crippen molar-refractivity contribution in [1.29, 1.82) is 0 Å². The topological polar surface area (TPSA) is 59.3 Å². The third-order valence-corrected chi connectivity index (χ3v) is 5.02. The van der Waals surface area contributed by atoms with Gasteiger partial charge in [-0.05, 0) is 29.5 Å². The van der Waals surface area contributed by atoms with E-state index in [1.807, 2.05) is 37.4 Å². The van der Waals surface area contributed by atoms with Gasteiger partial charge in [0.05, 0.1) is 17.2 Å². The van der Waals surface area contributed by atoms with Crippen LogP contribution in [-0.4, -0.2) is 14.2 Å². The molecular weight excluding hydrogens is 282 g/mol. The monoisotopic (exact) mass is 299 g/mol. The summed E-state index contributed by atoms with van der Waals surface area (Å²) in [6.45, 7) is 3.95. The normalized spacial score (nSPS) is 12.2. The van der Waals surface area contributed by atoms with Gasteiger partial charge in [-0.15, -0.1) is 11.3 Å². The van der Waals surface area contributed by atoms with Crippen LogP contribution in [0.1, 0.15) is 19.6 Å². The summed E-state index contributed by atoms with van der Waals surface area (Å²) in [7, 11) is -3.23. The van der Waals surface area contributed by atoms with Crippen molar-refractivity contribution < 1.29 is 12.8 Å². The van der Waals surface area contributed by atoms with Crippen LogP contribution in [0.15, 0.2) is 34.1 Å². The third kappa shape index (κ3) is 4.19. The summed E-state index contributed by atoms with van der Waals surface area (Å²) in [5.74, 6) is 1.63. The van der Waals surface area contributed by atoms with Gasteiger partial charge in [0.1, 0.15) is 11.5 Å². The Morgan fingerprint density at radius 1 is 1.32 bits per heavy atom. The van der Waals surface area contributed by atoms with Gasteiger partial charge in [-0.25, -0.2) is 13.1 Å². The van der Waals surface area contributed by atoms with Gasteiger partial charge in [-0.1, -0.05) is 19.9 Å². The van der Waals surface area contributed by atoms with Crippen molar-refractivity contribution in [1.82, 2.24) is 4.72 Å². The van der Waals surface area contributed by atoms with E-state index in [0.717, 1.165) is 10.6 Å². The summed E-state index contributed by atoms with van der Waals surface area (Å²) in [5, 5.41) is 1.98. The SMILES string of the molecule is CC(C)CS(=O)(=O)NCc1ccc(-c2cccs2)o1. The minimum Gasteiger partial charge on any atom is -0.459 e. The van der Waals surface area contributed by atoms with Gasteiger partial charge < -0.3 is 4.42 Å². The first-order valence-corrected chi connectivity index (χ1v) is 8.59. The average molecular weight is 299 g/mol. The van der Waals surface area contributed by atoms with Gasteiger partial charge in [0.25, 0.3) is 0 Å². The fourth-order valence-electron chi connectivity index (χ4n) is 1.70. The number of thiophene rings is 1. The molecule has 2 aromatic heterocycles. The number of hydrogen-bond donors (Lipinski definition) is 1. The first kappa shape index (κ1) is 14.3. The van der Waals surface area contributed by atoms with Gasteiger partial charge in [-0.3, -0.25) is 0 Å². The zero-order valence-electron chi connectivity index (χ0n) is 10.9. The molecule has 0 saturated carbocycles. The van der Waals surface area contributed by atoms with Crippen LogP contribution in [0, 0.1) is 5.92 Å². The molecule has 0 aliphatic rings. The second kappa shape index (κ2) is 5.90. The lowest BCUT2D eigenvalue weighted by molar-refractivity contribution is 0.508. The summed E-state index contributed by atoms with van der Waals surface area (Å²) >= 11 is 1.59. The lowest BCUT2D eigenvalue weighted by Gasteiger charge is -2.07. The Balaban J connectivity index is 1.98. The first-order valence-electron chi connectivity index (χ1n) is 6.06. The van der Waals surface area contributed by atoms with Gasteiger partial charge >= 0.3 is 0 Å². The van der Waals surface area contributed by atoms with Crippen molar-refractivity contribution in [3.8, 4) is 10.6 Å². The minimum atomic E-state index is -3.23. The Kier molecular flexibility index (Phi) is 4.44. The minimum absolute atomic E-state index is 0.107. The Hall–Kier alpha value is -1.11. The van der Waals surface area contributed by atoms with E-state index in [4.69, 9.17) is 4.42 Å². The van der Waals surface area contributed by atoms with Crippen molar-refractivity contribution >= 4 is 21.4 Å². The quantitative estimate of drug-likeness (QED) is 0.891. The summed E-state index contributed by atoms with van der Waals surface area (Å²) < 4.78 is 31.6. The standard InChI is InChI=1S/C13H17NO3S2/c1-10(2)9-19(15,16)14-8-11-5-6-12(17-11)13-4-3-7-18-13/h3-7,10,14H,8-9H2,1-2H3. The van der Waals surface area contributed by atoms with E-state index >= 15 is 0 Å². The Morgan fingerprint density at radius 3 is 2.74 bits per heavy atom. The van der Waals surface area contributed by atoms with E-state index in [-0.39, 0.29) is 18.2 Å². The molecule has 104 valence electrons. The highest BCUT2D eigenvalue weighted by Crippen LogP contribution is 2.26. The molecule has 2 rings (SSSR count). The molecule has 0 saturated heterocycles.